The Hall–Kier alpha value is -1.64. The third kappa shape index (κ3) is 2.73. The molecule has 0 bridgehead atoms. The molecule has 0 aliphatic rings. The second-order valence-corrected chi connectivity index (χ2v) is 4.19. The van der Waals surface area contributed by atoms with Gasteiger partial charge in [-0.3, -0.25) is 0 Å². The van der Waals surface area contributed by atoms with Crippen LogP contribution in [0.3, 0.4) is 0 Å². The van der Waals surface area contributed by atoms with Crippen molar-refractivity contribution in [1.29, 1.82) is 0 Å². The first-order valence-electron chi connectivity index (χ1n) is 4.48. The second kappa shape index (κ2) is 4.32. The summed E-state index contributed by atoms with van der Waals surface area (Å²) < 4.78 is 41.5. The molecule has 9 heteroatoms. The van der Waals surface area contributed by atoms with E-state index in [1.54, 1.807) is 13.1 Å². The summed E-state index contributed by atoms with van der Waals surface area (Å²) in [5, 5.41) is 9.45. The Bertz CT molecular complexity index is 481. The monoisotopic (exact) mass is 264 g/mol. The van der Waals surface area contributed by atoms with E-state index in [2.05, 4.69) is 19.9 Å². The van der Waals surface area contributed by atoms with E-state index in [1.165, 1.54) is 11.2 Å². The molecule has 0 N–H and O–H groups in total. The maximum Gasteiger partial charge on any atom is 0.445 e. The highest BCUT2D eigenvalue weighted by Crippen LogP contribution is 2.34. The third-order valence-corrected chi connectivity index (χ3v) is 2.96. The van der Waals surface area contributed by atoms with Crippen LogP contribution in [0.5, 0.6) is 0 Å². The molecule has 0 amide bonds. The van der Waals surface area contributed by atoms with Crippen molar-refractivity contribution in [2.24, 2.45) is 0 Å². The van der Waals surface area contributed by atoms with E-state index in [0.717, 1.165) is 0 Å². The minimum Gasteiger partial charge on any atom is -0.364 e. The minimum absolute atomic E-state index is 0.181. The summed E-state index contributed by atoms with van der Waals surface area (Å²) in [4.78, 5) is 1.52. The molecular weight excluding hydrogens is 257 g/mol. The standard InChI is InChI=1S/C8H7F3N4OS/c1-15(4-5-2-3-16-14-5)7-13-12-6(17-7)8(9,10)11/h2-3H,4H2,1H3. The van der Waals surface area contributed by atoms with Crippen LogP contribution in [-0.4, -0.2) is 22.4 Å². The molecule has 2 rings (SSSR count). The Morgan fingerprint density at radius 3 is 2.71 bits per heavy atom. The lowest BCUT2D eigenvalue weighted by molar-refractivity contribution is -0.138. The molecule has 0 fully saturated rings. The average Bonchev–Trinajstić information content (AvgIpc) is 2.85. The van der Waals surface area contributed by atoms with Gasteiger partial charge in [-0.05, 0) is 0 Å². The van der Waals surface area contributed by atoms with E-state index in [1.807, 2.05) is 0 Å². The summed E-state index contributed by atoms with van der Waals surface area (Å²) >= 11 is 0.490. The molecule has 92 valence electrons. The van der Waals surface area contributed by atoms with Crippen molar-refractivity contribution in [2.45, 2.75) is 12.7 Å². The molecule has 2 aromatic heterocycles. The van der Waals surface area contributed by atoms with Gasteiger partial charge in [-0.25, -0.2) is 0 Å². The fraction of sp³-hybridized carbons (Fsp3) is 0.375. The normalized spacial score (nSPS) is 11.8. The Morgan fingerprint density at radius 2 is 2.18 bits per heavy atom. The zero-order valence-electron chi connectivity index (χ0n) is 8.60. The van der Waals surface area contributed by atoms with Crippen LogP contribution in [0.25, 0.3) is 0 Å². The third-order valence-electron chi connectivity index (χ3n) is 1.87. The number of rotatable bonds is 3. The van der Waals surface area contributed by atoms with Gasteiger partial charge in [-0.2, -0.15) is 13.2 Å². The summed E-state index contributed by atoms with van der Waals surface area (Å²) in [6.07, 6.45) is -3.06. The highest BCUT2D eigenvalue weighted by Gasteiger charge is 2.36. The molecule has 0 saturated heterocycles. The van der Waals surface area contributed by atoms with E-state index in [-0.39, 0.29) is 5.13 Å². The topological polar surface area (TPSA) is 55.1 Å². The van der Waals surface area contributed by atoms with Crippen molar-refractivity contribution in [2.75, 3.05) is 11.9 Å². The molecule has 0 saturated carbocycles. The molecule has 0 aromatic carbocycles. The molecule has 2 aromatic rings. The van der Waals surface area contributed by atoms with Gasteiger partial charge < -0.3 is 9.42 Å². The SMILES string of the molecule is CN(Cc1ccon1)c1nnc(C(F)(F)F)s1. The van der Waals surface area contributed by atoms with Gasteiger partial charge in [-0.15, -0.1) is 10.2 Å². The van der Waals surface area contributed by atoms with Gasteiger partial charge in [0.2, 0.25) is 10.1 Å². The van der Waals surface area contributed by atoms with E-state index in [9.17, 15) is 13.2 Å². The molecule has 0 radical (unpaired) electrons. The summed E-state index contributed by atoms with van der Waals surface area (Å²) in [5.74, 6) is 0. The van der Waals surface area contributed by atoms with E-state index < -0.39 is 11.2 Å². The summed E-state index contributed by atoms with van der Waals surface area (Å²) in [6.45, 7) is 0.309. The van der Waals surface area contributed by atoms with Crippen molar-refractivity contribution in [3.05, 3.63) is 23.0 Å². The number of nitrogens with zero attached hydrogens (tertiary/aromatic N) is 4. The van der Waals surface area contributed by atoms with Gasteiger partial charge in [0.05, 0.1) is 6.54 Å². The van der Waals surface area contributed by atoms with Crippen molar-refractivity contribution in [3.63, 3.8) is 0 Å². The van der Waals surface area contributed by atoms with E-state index in [4.69, 9.17) is 0 Å². The average molecular weight is 264 g/mol. The second-order valence-electron chi connectivity index (χ2n) is 3.23. The first kappa shape index (κ1) is 11.8. The number of hydrogen-bond acceptors (Lipinski definition) is 6. The maximum absolute atomic E-state index is 12.3. The van der Waals surface area contributed by atoms with E-state index in [0.29, 0.717) is 23.6 Å². The molecule has 17 heavy (non-hydrogen) atoms. The Labute approximate surface area is 97.9 Å². The highest BCUT2D eigenvalue weighted by molar-refractivity contribution is 7.15. The quantitative estimate of drug-likeness (QED) is 0.850. The zero-order valence-corrected chi connectivity index (χ0v) is 9.42. The van der Waals surface area contributed by atoms with Crippen LogP contribution in [0.2, 0.25) is 0 Å². The lowest BCUT2D eigenvalue weighted by Crippen LogP contribution is -2.16. The highest BCUT2D eigenvalue weighted by atomic mass is 32.1. The zero-order chi connectivity index (χ0) is 12.5. The number of aromatic nitrogens is 3. The van der Waals surface area contributed by atoms with Gasteiger partial charge >= 0.3 is 6.18 Å². The van der Waals surface area contributed by atoms with Crippen LogP contribution in [0.15, 0.2) is 16.9 Å². The molecule has 0 aliphatic heterocycles. The van der Waals surface area contributed by atoms with Crippen molar-refractivity contribution in [1.82, 2.24) is 15.4 Å². The van der Waals surface area contributed by atoms with Gasteiger partial charge in [0.25, 0.3) is 0 Å². The van der Waals surface area contributed by atoms with Crippen LogP contribution in [0, 0.1) is 0 Å². The lowest BCUT2D eigenvalue weighted by Gasteiger charge is -2.12. The maximum atomic E-state index is 12.3. The number of anilines is 1. The lowest BCUT2D eigenvalue weighted by atomic mass is 10.4. The van der Waals surface area contributed by atoms with Crippen LogP contribution in [-0.2, 0) is 12.7 Å². The first-order valence-corrected chi connectivity index (χ1v) is 5.29. The largest absolute Gasteiger partial charge is 0.445 e. The van der Waals surface area contributed by atoms with Crippen molar-refractivity contribution in [3.8, 4) is 0 Å². The van der Waals surface area contributed by atoms with Crippen LogP contribution < -0.4 is 4.90 Å². The van der Waals surface area contributed by atoms with Gasteiger partial charge in [0.15, 0.2) is 0 Å². The Morgan fingerprint density at radius 1 is 1.41 bits per heavy atom. The summed E-state index contributed by atoms with van der Waals surface area (Å²) in [7, 11) is 1.61. The molecule has 5 nitrogen and oxygen atoms in total. The van der Waals surface area contributed by atoms with Gasteiger partial charge in [0, 0.05) is 13.1 Å². The number of alkyl halides is 3. The molecular formula is C8H7F3N4OS. The fourth-order valence-corrected chi connectivity index (χ4v) is 1.79. The van der Waals surface area contributed by atoms with Gasteiger partial charge in [-0.1, -0.05) is 16.5 Å². The predicted octanol–water partition coefficient (Wildman–Crippen LogP) is 2.18. The molecule has 0 atom stereocenters. The molecule has 0 spiro atoms. The minimum atomic E-state index is -4.45. The van der Waals surface area contributed by atoms with Crippen molar-refractivity contribution >= 4 is 16.5 Å². The van der Waals surface area contributed by atoms with E-state index >= 15 is 0 Å². The molecule has 2 heterocycles. The number of hydrogen-bond donors (Lipinski definition) is 0. The molecule has 0 unspecified atom stereocenters. The molecule has 0 aliphatic carbocycles. The fourth-order valence-electron chi connectivity index (χ4n) is 1.11. The van der Waals surface area contributed by atoms with Crippen LogP contribution >= 0.6 is 11.3 Å². The van der Waals surface area contributed by atoms with Crippen LogP contribution in [0.4, 0.5) is 18.3 Å². The predicted molar refractivity (Wildman–Crippen MR) is 53.5 cm³/mol. The van der Waals surface area contributed by atoms with Gasteiger partial charge in [0.1, 0.15) is 12.0 Å². The van der Waals surface area contributed by atoms with Crippen molar-refractivity contribution < 1.29 is 17.7 Å². The first-order chi connectivity index (χ1) is 7.97. The van der Waals surface area contributed by atoms with Crippen LogP contribution in [0.1, 0.15) is 10.7 Å². The number of halogens is 3. The summed E-state index contributed by atoms with van der Waals surface area (Å²) in [6, 6.07) is 1.63. The Kier molecular flexibility index (Phi) is 3.01. The Balaban J connectivity index is 2.10. The summed E-state index contributed by atoms with van der Waals surface area (Å²) in [5.41, 5.74) is 0.608. The smallest absolute Gasteiger partial charge is 0.364 e.